The van der Waals surface area contributed by atoms with E-state index in [9.17, 15) is 14.0 Å². The van der Waals surface area contributed by atoms with Crippen LogP contribution in [-0.2, 0) is 4.79 Å². The summed E-state index contributed by atoms with van der Waals surface area (Å²) >= 11 is 1.24. The Bertz CT molecular complexity index is 863. The molecule has 6 nitrogen and oxygen atoms in total. The molecule has 144 valence electrons. The number of aromatic amines is 1. The molecule has 1 aliphatic heterocycles. The average Bonchev–Trinajstić information content (AvgIpc) is 2.66. The summed E-state index contributed by atoms with van der Waals surface area (Å²) in [6, 6.07) is 8.17. The lowest BCUT2D eigenvalue weighted by Crippen LogP contribution is -2.49. The lowest BCUT2D eigenvalue weighted by molar-refractivity contribution is -0.128. The second-order valence-electron chi connectivity index (χ2n) is 6.74. The van der Waals surface area contributed by atoms with Crippen LogP contribution in [0.4, 0.5) is 10.1 Å². The van der Waals surface area contributed by atoms with Gasteiger partial charge < -0.3 is 14.8 Å². The van der Waals surface area contributed by atoms with E-state index in [0.29, 0.717) is 42.7 Å². The topological polar surface area (TPSA) is 69.3 Å². The van der Waals surface area contributed by atoms with Gasteiger partial charge in [-0.1, -0.05) is 37.7 Å². The van der Waals surface area contributed by atoms with E-state index in [0.717, 1.165) is 0 Å². The molecule has 0 unspecified atom stereocenters. The molecule has 1 N–H and O–H groups in total. The number of benzene rings is 1. The minimum atomic E-state index is -0.243. The number of rotatable bonds is 5. The third-order valence-corrected chi connectivity index (χ3v) is 5.35. The van der Waals surface area contributed by atoms with Crippen molar-refractivity contribution < 1.29 is 9.18 Å². The van der Waals surface area contributed by atoms with Crippen molar-refractivity contribution in [2.24, 2.45) is 0 Å². The predicted molar refractivity (Wildman–Crippen MR) is 105 cm³/mol. The first-order valence-electron chi connectivity index (χ1n) is 8.95. The van der Waals surface area contributed by atoms with Crippen LogP contribution in [0.5, 0.6) is 0 Å². The second kappa shape index (κ2) is 8.56. The third kappa shape index (κ3) is 4.88. The van der Waals surface area contributed by atoms with Gasteiger partial charge in [0.15, 0.2) is 5.16 Å². The number of piperazine rings is 1. The van der Waals surface area contributed by atoms with Crippen molar-refractivity contribution in [2.45, 2.75) is 24.9 Å². The normalized spacial score (nSPS) is 14.7. The van der Waals surface area contributed by atoms with Crippen LogP contribution in [0, 0.1) is 5.82 Å². The minimum absolute atomic E-state index is 0.00853. The molecular formula is C19H23FN4O2S. The molecule has 0 saturated carbocycles. The third-order valence-electron chi connectivity index (χ3n) is 4.49. The monoisotopic (exact) mass is 390 g/mol. The Morgan fingerprint density at radius 3 is 2.63 bits per heavy atom. The maximum Gasteiger partial charge on any atom is 0.251 e. The molecule has 27 heavy (non-hydrogen) atoms. The minimum Gasteiger partial charge on any atom is -0.366 e. The lowest BCUT2D eigenvalue weighted by Gasteiger charge is -2.36. The Morgan fingerprint density at radius 1 is 1.26 bits per heavy atom. The largest absolute Gasteiger partial charge is 0.366 e. The Balaban J connectivity index is 1.54. The van der Waals surface area contributed by atoms with Crippen molar-refractivity contribution in [1.29, 1.82) is 0 Å². The van der Waals surface area contributed by atoms with Gasteiger partial charge in [0.25, 0.3) is 5.56 Å². The van der Waals surface area contributed by atoms with E-state index in [2.05, 4.69) is 9.97 Å². The van der Waals surface area contributed by atoms with Crippen LogP contribution in [0.15, 0.2) is 40.3 Å². The number of thioether (sulfide) groups is 1. The van der Waals surface area contributed by atoms with E-state index in [1.165, 1.54) is 23.9 Å². The van der Waals surface area contributed by atoms with Crippen LogP contribution in [0.3, 0.4) is 0 Å². The summed E-state index contributed by atoms with van der Waals surface area (Å²) < 4.78 is 13.9. The molecule has 0 bridgehead atoms. The number of anilines is 1. The molecule has 0 spiro atoms. The summed E-state index contributed by atoms with van der Waals surface area (Å²) in [6.07, 6.45) is 0. The molecule has 1 amide bonds. The summed E-state index contributed by atoms with van der Waals surface area (Å²) in [7, 11) is 0. The number of para-hydroxylation sites is 1. The van der Waals surface area contributed by atoms with Crippen molar-refractivity contribution in [2.75, 3.05) is 36.8 Å². The van der Waals surface area contributed by atoms with Gasteiger partial charge in [-0.3, -0.25) is 9.59 Å². The first-order chi connectivity index (χ1) is 12.9. The summed E-state index contributed by atoms with van der Waals surface area (Å²) in [6.45, 7) is 6.21. The van der Waals surface area contributed by atoms with Crippen molar-refractivity contribution in [3.63, 3.8) is 0 Å². The molecule has 1 aromatic heterocycles. The van der Waals surface area contributed by atoms with E-state index < -0.39 is 0 Å². The average molecular weight is 390 g/mol. The molecule has 8 heteroatoms. The van der Waals surface area contributed by atoms with E-state index in [1.54, 1.807) is 17.0 Å². The summed E-state index contributed by atoms with van der Waals surface area (Å²) in [5.41, 5.74) is 1.08. The van der Waals surface area contributed by atoms with Gasteiger partial charge in [0, 0.05) is 32.2 Å². The van der Waals surface area contributed by atoms with E-state index in [1.807, 2.05) is 24.8 Å². The van der Waals surface area contributed by atoms with Crippen LogP contribution in [0.25, 0.3) is 0 Å². The molecule has 0 radical (unpaired) electrons. The molecule has 0 aliphatic carbocycles. The Morgan fingerprint density at radius 2 is 1.96 bits per heavy atom. The Hall–Kier alpha value is -2.35. The van der Waals surface area contributed by atoms with Gasteiger partial charge in [-0.25, -0.2) is 9.37 Å². The number of hydrogen-bond acceptors (Lipinski definition) is 5. The molecule has 3 rings (SSSR count). The number of H-pyrrole nitrogens is 1. The Kier molecular flexibility index (Phi) is 6.15. The highest BCUT2D eigenvalue weighted by Gasteiger charge is 2.23. The molecule has 1 saturated heterocycles. The zero-order valence-electron chi connectivity index (χ0n) is 15.4. The maximum atomic E-state index is 13.9. The smallest absolute Gasteiger partial charge is 0.251 e. The zero-order valence-corrected chi connectivity index (χ0v) is 16.3. The lowest BCUT2D eigenvalue weighted by atomic mass is 10.1. The first-order valence-corrected chi connectivity index (χ1v) is 9.94. The van der Waals surface area contributed by atoms with Crippen LogP contribution in [-0.4, -0.2) is 52.7 Å². The first kappa shape index (κ1) is 19.4. The van der Waals surface area contributed by atoms with Crippen molar-refractivity contribution in [3.05, 3.63) is 52.2 Å². The highest BCUT2D eigenvalue weighted by molar-refractivity contribution is 7.99. The number of hydrogen-bond donors (Lipinski definition) is 1. The van der Waals surface area contributed by atoms with Crippen molar-refractivity contribution in [1.82, 2.24) is 14.9 Å². The van der Waals surface area contributed by atoms with Gasteiger partial charge in [0.05, 0.1) is 17.1 Å². The molecular weight excluding hydrogens is 367 g/mol. The van der Waals surface area contributed by atoms with Gasteiger partial charge in [-0.2, -0.15) is 0 Å². The fourth-order valence-electron chi connectivity index (χ4n) is 2.94. The van der Waals surface area contributed by atoms with Crippen molar-refractivity contribution >= 4 is 23.4 Å². The number of amides is 1. The van der Waals surface area contributed by atoms with Gasteiger partial charge >= 0.3 is 0 Å². The molecule has 1 fully saturated rings. The highest BCUT2D eigenvalue weighted by atomic mass is 32.2. The number of aromatic nitrogens is 2. The number of carbonyl (C=O) groups excluding carboxylic acids is 1. The second-order valence-corrected chi connectivity index (χ2v) is 7.70. The van der Waals surface area contributed by atoms with Gasteiger partial charge in [-0.05, 0) is 18.1 Å². The number of carbonyl (C=O) groups is 1. The molecule has 1 aromatic carbocycles. The number of nitrogens with zero attached hydrogens (tertiary/aromatic N) is 3. The van der Waals surface area contributed by atoms with E-state index in [-0.39, 0.29) is 29.0 Å². The maximum absolute atomic E-state index is 13.9. The number of nitrogens with one attached hydrogen (secondary N) is 1. The van der Waals surface area contributed by atoms with E-state index in [4.69, 9.17) is 0 Å². The molecule has 0 atom stereocenters. The molecule has 1 aliphatic rings. The van der Waals surface area contributed by atoms with Crippen LogP contribution < -0.4 is 10.5 Å². The summed E-state index contributed by atoms with van der Waals surface area (Å²) in [5, 5.41) is 0.463. The zero-order chi connectivity index (χ0) is 19.4. The van der Waals surface area contributed by atoms with E-state index >= 15 is 0 Å². The Labute approximate surface area is 161 Å². The number of halogens is 1. The fraction of sp³-hybridized carbons (Fsp3) is 0.421. The molecule has 2 heterocycles. The molecule has 2 aromatic rings. The van der Waals surface area contributed by atoms with Crippen molar-refractivity contribution in [3.8, 4) is 0 Å². The van der Waals surface area contributed by atoms with Gasteiger partial charge in [-0.15, -0.1) is 0 Å². The van der Waals surface area contributed by atoms with Gasteiger partial charge in [0.1, 0.15) is 5.82 Å². The summed E-state index contributed by atoms with van der Waals surface area (Å²) in [5.74, 6) is 0.108. The van der Waals surface area contributed by atoms with Crippen LogP contribution in [0.2, 0.25) is 0 Å². The van der Waals surface area contributed by atoms with Crippen LogP contribution in [0.1, 0.15) is 25.5 Å². The van der Waals surface area contributed by atoms with Gasteiger partial charge in [0.2, 0.25) is 5.91 Å². The van der Waals surface area contributed by atoms with Crippen LogP contribution >= 0.6 is 11.8 Å². The SMILES string of the molecule is CC(C)c1cc(=O)[nH]c(SCC(=O)N2CCN(c3ccccc3F)CC2)n1. The standard InChI is InChI=1S/C19H23FN4O2S/c1-13(2)15-11-17(25)22-19(21-15)27-12-18(26)24-9-7-23(8-10-24)16-6-4-3-5-14(16)20/h3-6,11,13H,7-10,12H2,1-2H3,(H,21,22,25). The fourth-order valence-corrected chi connectivity index (χ4v) is 3.73. The quantitative estimate of drug-likeness (QED) is 0.627. The predicted octanol–water partition coefficient (Wildman–Crippen LogP) is 2.47. The summed E-state index contributed by atoms with van der Waals surface area (Å²) in [4.78, 5) is 35.0. The highest BCUT2D eigenvalue weighted by Crippen LogP contribution is 2.21.